The topological polar surface area (TPSA) is 85.8 Å². The summed E-state index contributed by atoms with van der Waals surface area (Å²) in [5.41, 5.74) is 5.60. The molecular formula is C24H22N6O2S. The monoisotopic (exact) mass is 458 g/mol. The number of carbonyl (C=O) groups excluding carboxylic acids is 1. The number of nitrogens with zero attached hydrogens (tertiary/aromatic N) is 5. The van der Waals surface area contributed by atoms with E-state index in [9.17, 15) is 4.79 Å². The van der Waals surface area contributed by atoms with Crippen molar-refractivity contribution in [3.8, 4) is 17.0 Å². The number of amides is 1. The van der Waals surface area contributed by atoms with Crippen molar-refractivity contribution in [3.63, 3.8) is 0 Å². The molecule has 0 radical (unpaired) electrons. The van der Waals surface area contributed by atoms with E-state index in [1.807, 2.05) is 47.1 Å². The number of ether oxygens (including phenoxy) is 1. The zero-order chi connectivity index (χ0) is 22.8. The first kappa shape index (κ1) is 21.0. The highest BCUT2D eigenvalue weighted by Crippen LogP contribution is 2.24. The van der Waals surface area contributed by atoms with Crippen LogP contribution in [0.3, 0.4) is 0 Å². The van der Waals surface area contributed by atoms with Crippen molar-refractivity contribution in [2.75, 3.05) is 12.9 Å². The molecule has 0 saturated heterocycles. The Labute approximate surface area is 194 Å². The molecule has 0 saturated carbocycles. The fourth-order valence-corrected chi connectivity index (χ4v) is 4.33. The number of benzene rings is 2. The predicted octanol–water partition coefficient (Wildman–Crippen LogP) is 3.77. The first-order chi connectivity index (χ1) is 16.1. The van der Waals surface area contributed by atoms with Crippen LogP contribution in [0.15, 0.2) is 72.1 Å². The molecule has 0 aliphatic heterocycles. The third-order valence-electron chi connectivity index (χ3n) is 5.33. The van der Waals surface area contributed by atoms with Gasteiger partial charge in [-0.1, -0.05) is 59.8 Å². The standard InChI is InChI=1S/C24H22N6O2S/c1-16-7-9-17(10-8-16)19-13-20-23-26-27-24(29(23)11-12-30(20)28-19)33-15-22(31)25-14-18-5-3-4-6-21(18)32-2/h3-13H,14-15H2,1-2H3,(H,25,31). The normalized spacial score (nSPS) is 11.2. The molecule has 0 bridgehead atoms. The summed E-state index contributed by atoms with van der Waals surface area (Å²) in [4.78, 5) is 12.4. The van der Waals surface area contributed by atoms with Crippen molar-refractivity contribution >= 4 is 28.8 Å². The van der Waals surface area contributed by atoms with Gasteiger partial charge in [0.05, 0.1) is 18.6 Å². The lowest BCUT2D eigenvalue weighted by molar-refractivity contribution is -0.118. The Morgan fingerprint density at radius 3 is 2.73 bits per heavy atom. The minimum atomic E-state index is -0.0882. The highest BCUT2D eigenvalue weighted by molar-refractivity contribution is 7.99. The average molecular weight is 459 g/mol. The zero-order valence-electron chi connectivity index (χ0n) is 18.2. The minimum absolute atomic E-state index is 0.0882. The van der Waals surface area contributed by atoms with Gasteiger partial charge < -0.3 is 10.1 Å². The van der Waals surface area contributed by atoms with Gasteiger partial charge in [-0.25, -0.2) is 4.52 Å². The summed E-state index contributed by atoms with van der Waals surface area (Å²) in [6.45, 7) is 2.47. The lowest BCUT2D eigenvalue weighted by Crippen LogP contribution is -2.24. The molecule has 3 aromatic heterocycles. The van der Waals surface area contributed by atoms with Crippen LogP contribution in [0.25, 0.3) is 22.4 Å². The first-order valence-electron chi connectivity index (χ1n) is 10.4. The number of methoxy groups -OCH3 is 1. The zero-order valence-corrected chi connectivity index (χ0v) is 19.0. The molecule has 1 amide bonds. The molecule has 5 rings (SSSR count). The Kier molecular flexibility index (Phi) is 5.70. The second-order valence-corrected chi connectivity index (χ2v) is 8.52. The number of hydrogen-bond acceptors (Lipinski definition) is 6. The van der Waals surface area contributed by atoms with Gasteiger partial charge >= 0.3 is 0 Å². The van der Waals surface area contributed by atoms with Crippen LogP contribution < -0.4 is 10.1 Å². The Bertz CT molecular complexity index is 1440. The number of carbonyl (C=O) groups is 1. The van der Waals surface area contributed by atoms with Crippen molar-refractivity contribution in [2.45, 2.75) is 18.6 Å². The summed E-state index contributed by atoms with van der Waals surface area (Å²) in [5.74, 6) is 0.896. The summed E-state index contributed by atoms with van der Waals surface area (Å²) in [5, 5.41) is 16.9. The van der Waals surface area contributed by atoms with E-state index in [-0.39, 0.29) is 11.7 Å². The van der Waals surface area contributed by atoms with E-state index in [4.69, 9.17) is 4.74 Å². The summed E-state index contributed by atoms with van der Waals surface area (Å²) in [6, 6.07) is 17.9. The van der Waals surface area contributed by atoms with E-state index in [2.05, 4.69) is 51.8 Å². The molecule has 0 aliphatic rings. The van der Waals surface area contributed by atoms with Crippen LogP contribution in [0.2, 0.25) is 0 Å². The van der Waals surface area contributed by atoms with Gasteiger partial charge in [0, 0.05) is 30.1 Å². The van der Waals surface area contributed by atoms with Gasteiger partial charge in [-0.05, 0) is 19.1 Å². The van der Waals surface area contributed by atoms with Crippen molar-refractivity contribution in [1.29, 1.82) is 0 Å². The lowest BCUT2D eigenvalue weighted by atomic mass is 10.1. The minimum Gasteiger partial charge on any atom is -0.496 e. The van der Waals surface area contributed by atoms with Crippen LogP contribution in [0.1, 0.15) is 11.1 Å². The van der Waals surface area contributed by atoms with Crippen LogP contribution >= 0.6 is 11.8 Å². The number of aromatic nitrogens is 5. The fraction of sp³-hybridized carbons (Fsp3) is 0.167. The van der Waals surface area contributed by atoms with Crippen LogP contribution in [-0.2, 0) is 11.3 Å². The molecule has 8 nitrogen and oxygen atoms in total. The van der Waals surface area contributed by atoms with Crippen LogP contribution in [0, 0.1) is 6.92 Å². The Hall–Kier alpha value is -3.85. The van der Waals surface area contributed by atoms with E-state index in [1.165, 1.54) is 17.3 Å². The predicted molar refractivity (Wildman–Crippen MR) is 127 cm³/mol. The van der Waals surface area contributed by atoms with E-state index >= 15 is 0 Å². The third kappa shape index (κ3) is 4.27. The van der Waals surface area contributed by atoms with Gasteiger partial charge in [0.15, 0.2) is 10.8 Å². The molecule has 166 valence electrons. The maximum absolute atomic E-state index is 12.4. The molecule has 5 aromatic rings. The number of hydrogen-bond donors (Lipinski definition) is 1. The van der Waals surface area contributed by atoms with Crippen LogP contribution in [0.4, 0.5) is 0 Å². The fourth-order valence-electron chi connectivity index (χ4n) is 3.58. The lowest BCUT2D eigenvalue weighted by Gasteiger charge is -2.09. The van der Waals surface area contributed by atoms with Gasteiger partial charge in [0.2, 0.25) is 5.91 Å². The first-order valence-corrected chi connectivity index (χ1v) is 11.4. The van der Waals surface area contributed by atoms with Gasteiger partial charge in [0.25, 0.3) is 0 Å². The molecule has 0 atom stereocenters. The molecule has 1 N–H and O–H groups in total. The maximum Gasteiger partial charge on any atom is 0.230 e. The second-order valence-electron chi connectivity index (χ2n) is 7.58. The SMILES string of the molecule is COc1ccccc1CNC(=O)CSc1nnc2c3cc(-c4ccc(C)cc4)nn3ccn12. The largest absolute Gasteiger partial charge is 0.496 e. The molecule has 0 spiro atoms. The molecule has 0 aliphatic carbocycles. The summed E-state index contributed by atoms with van der Waals surface area (Å²) < 4.78 is 9.01. The molecule has 33 heavy (non-hydrogen) atoms. The molecule has 2 aromatic carbocycles. The Balaban J connectivity index is 1.30. The molecule has 3 heterocycles. The van der Waals surface area contributed by atoms with Crippen LogP contribution in [-0.4, -0.2) is 43.0 Å². The van der Waals surface area contributed by atoms with Crippen LogP contribution in [0.5, 0.6) is 5.75 Å². The number of nitrogens with one attached hydrogen (secondary N) is 1. The Morgan fingerprint density at radius 1 is 1.09 bits per heavy atom. The highest BCUT2D eigenvalue weighted by atomic mass is 32.2. The quantitative estimate of drug-likeness (QED) is 0.374. The smallest absolute Gasteiger partial charge is 0.230 e. The Morgan fingerprint density at radius 2 is 1.91 bits per heavy atom. The molecule has 0 unspecified atom stereocenters. The van der Waals surface area contributed by atoms with Gasteiger partial charge in [0.1, 0.15) is 11.3 Å². The van der Waals surface area contributed by atoms with Gasteiger partial charge in [-0.3, -0.25) is 9.20 Å². The van der Waals surface area contributed by atoms with Crippen molar-refractivity contribution < 1.29 is 9.53 Å². The maximum atomic E-state index is 12.4. The van der Waals surface area contributed by atoms with Crippen molar-refractivity contribution in [1.82, 2.24) is 29.5 Å². The highest BCUT2D eigenvalue weighted by Gasteiger charge is 2.14. The summed E-state index contributed by atoms with van der Waals surface area (Å²) in [6.07, 6.45) is 3.73. The number of thioether (sulfide) groups is 1. The molecular weight excluding hydrogens is 436 g/mol. The summed E-state index contributed by atoms with van der Waals surface area (Å²) in [7, 11) is 1.62. The molecule has 9 heteroatoms. The average Bonchev–Trinajstić information content (AvgIpc) is 3.46. The van der Waals surface area contributed by atoms with Gasteiger partial charge in [-0.15, -0.1) is 10.2 Å². The molecule has 0 fully saturated rings. The van der Waals surface area contributed by atoms with Gasteiger partial charge in [-0.2, -0.15) is 5.10 Å². The van der Waals surface area contributed by atoms with E-state index in [0.29, 0.717) is 17.3 Å². The number of aryl methyl sites for hydroxylation is 1. The van der Waals surface area contributed by atoms with Crippen molar-refractivity contribution in [3.05, 3.63) is 78.1 Å². The number of fused-ring (bicyclic) bond motifs is 3. The summed E-state index contributed by atoms with van der Waals surface area (Å²) >= 11 is 1.34. The van der Waals surface area contributed by atoms with Crippen molar-refractivity contribution in [2.24, 2.45) is 0 Å². The number of para-hydroxylation sites is 1. The van der Waals surface area contributed by atoms with E-state index < -0.39 is 0 Å². The number of rotatable bonds is 7. The third-order valence-corrected chi connectivity index (χ3v) is 6.28. The van der Waals surface area contributed by atoms with E-state index in [0.717, 1.165) is 28.1 Å². The second kappa shape index (κ2) is 8.95. The van der Waals surface area contributed by atoms with E-state index in [1.54, 1.807) is 11.6 Å².